The highest BCUT2D eigenvalue weighted by Gasteiger charge is 2.38. The number of hydrogen-bond donors (Lipinski definition) is 12. The summed E-state index contributed by atoms with van der Waals surface area (Å²) in [6, 6.07) is 0. The van der Waals surface area contributed by atoms with Crippen LogP contribution < -0.4 is 29.4 Å². The third kappa shape index (κ3) is 33.1. The maximum absolute atomic E-state index is 11.1. The second kappa shape index (κ2) is 43.4. The number of ether oxygens (including phenoxy) is 7. The number of likely N-dealkylation sites (N-methyl/N-ethyl adjacent to an activating group) is 6. The summed E-state index contributed by atoms with van der Waals surface area (Å²) < 4.78 is 45.1. The normalized spacial score (nSPS) is 16.9. The van der Waals surface area contributed by atoms with Crippen LogP contribution in [0.1, 0.15) is 83.1 Å². The monoisotopic (exact) mass is 1030 g/mol. The third-order valence-corrected chi connectivity index (χ3v) is 14.3. The molecule has 6 atom stereocenters. The topological polar surface area (TPSA) is 213 Å². The molecule has 71 heavy (non-hydrogen) atoms. The van der Waals surface area contributed by atoms with Crippen LogP contribution in [0.2, 0.25) is 0 Å². The number of hydrogen-bond acceptors (Lipinski definition) is 13. The predicted molar refractivity (Wildman–Crippen MR) is 278 cm³/mol. The first-order chi connectivity index (χ1) is 34.0. The van der Waals surface area contributed by atoms with E-state index >= 15 is 0 Å². The van der Waals surface area contributed by atoms with E-state index in [2.05, 4.69) is 83.1 Å². The van der Waals surface area contributed by atoms with Crippen molar-refractivity contribution >= 4 is 0 Å². The maximum atomic E-state index is 11.1. The molecular formula is C52H118N6O13+6. The Morgan fingerprint density at radius 3 is 0.493 bits per heavy atom. The molecule has 0 aromatic carbocycles. The molecule has 0 aliphatic heterocycles. The van der Waals surface area contributed by atoms with Crippen molar-refractivity contribution in [2.45, 2.75) is 120 Å². The molecule has 0 fully saturated rings. The molecule has 0 heterocycles. The van der Waals surface area contributed by atoms with Gasteiger partial charge in [-0.2, -0.15) is 0 Å². The summed E-state index contributed by atoms with van der Waals surface area (Å²) in [5.74, 6) is 0. The van der Waals surface area contributed by atoms with Gasteiger partial charge >= 0.3 is 0 Å². The van der Waals surface area contributed by atoms with E-state index in [1.54, 1.807) is 0 Å². The highest BCUT2D eigenvalue weighted by atomic mass is 16.5. The smallest absolute Gasteiger partial charge is 0.126 e. The average Bonchev–Trinajstić information content (AvgIpc) is 3.36. The Morgan fingerprint density at radius 1 is 0.239 bits per heavy atom. The van der Waals surface area contributed by atoms with Crippen LogP contribution in [0.4, 0.5) is 0 Å². The Morgan fingerprint density at radius 2 is 0.366 bits per heavy atom. The van der Waals surface area contributed by atoms with Gasteiger partial charge in [-0.3, -0.25) is 0 Å². The minimum absolute atomic E-state index is 0.0523. The minimum atomic E-state index is -0.964. The van der Waals surface area contributed by atoms with E-state index < -0.39 is 47.5 Å². The van der Waals surface area contributed by atoms with Gasteiger partial charge in [0, 0.05) is 0 Å². The molecule has 428 valence electrons. The summed E-state index contributed by atoms with van der Waals surface area (Å²) in [6.45, 7) is 40.0. The zero-order chi connectivity index (χ0) is 53.5. The fourth-order valence-corrected chi connectivity index (χ4v) is 9.04. The van der Waals surface area contributed by atoms with Crippen LogP contribution in [0.15, 0.2) is 0 Å². The summed E-state index contributed by atoms with van der Waals surface area (Å²) in [6.07, 6.45) is -4.26. The fraction of sp³-hybridized carbons (Fsp3) is 1.00. The summed E-state index contributed by atoms with van der Waals surface area (Å²) in [7, 11) is 0. The van der Waals surface area contributed by atoms with Crippen molar-refractivity contribution in [2.24, 2.45) is 10.8 Å². The lowest BCUT2D eigenvalue weighted by Crippen LogP contribution is -3.12. The van der Waals surface area contributed by atoms with Gasteiger partial charge in [-0.15, -0.1) is 0 Å². The van der Waals surface area contributed by atoms with Gasteiger partial charge in [0.05, 0.1) is 182 Å². The number of rotatable bonds is 52. The molecule has 19 heteroatoms. The SMILES string of the molecule is CC[NH+](CC)CC(O)COCC(COCC(O)C[NH+](CC)CC)(COCC(O)C[NH+](CC)CC)COCC(COCC(O)C[NH+](CC)CC)(COCC(O)C[NH+](CC)CC)COCC(O)C[NH+](CC)CC. The van der Waals surface area contributed by atoms with Crippen molar-refractivity contribution in [3.05, 3.63) is 0 Å². The second-order valence-electron chi connectivity index (χ2n) is 20.5. The van der Waals surface area contributed by atoms with Crippen LogP contribution >= 0.6 is 0 Å². The van der Waals surface area contributed by atoms with E-state index in [4.69, 9.17) is 33.2 Å². The van der Waals surface area contributed by atoms with Gasteiger partial charge < -0.3 is 93.2 Å². The zero-order valence-electron chi connectivity index (χ0n) is 47.6. The third-order valence-electron chi connectivity index (χ3n) is 14.3. The quantitative estimate of drug-likeness (QED) is 0.0274. The molecule has 12 N–H and O–H groups in total. The number of aliphatic hydroxyl groups is 6. The lowest BCUT2D eigenvalue weighted by atomic mass is 9.90. The van der Waals surface area contributed by atoms with E-state index in [0.717, 1.165) is 78.5 Å². The Kier molecular flexibility index (Phi) is 42.9. The van der Waals surface area contributed by atoms with Gasteiger partial charge in [0.25, 0.3) is 0 Å². The van der Waals surface area contributed by atoms with Crippen molar-refractivity contribution in [1.29, 1.82) is 0 Å². The van der Waals surface area contributed by atoms with E-state index in [0.29, 0.717) is 39.3 Å². The van der Waals surface area contributed by atoms with Crippen molar-refractivity contribution in [3.8, 4) is 0 Å². The van der Waals surface area contributed by atoms with Crippen LogP contribution in [-0.2, 0) is 33.2 Å². The Labute approximate surface area is 432 Å². The molecule has 0 radical (unpaired) electrons. The molecule has 0 aromatic heterocycles. The largest absolute Gasteiger partial charge is 0.385 e. The number of aliphatic hydroxyl groups excluding tert-OH is 6. The van der Waals surface area contributed by atoms with E-state index in [1.807, 2.05) is 0 Å². The maximum Gasteiger partial charge on any atom is 0.126 e. The molecule has 0 saturated carbocycles. The molecule has 0 spiro atoms. The Hall–Kier alpha value is -0.760. The number of nitrogens with one attached hydrogen (secondary N) is 6. The zero-order valence-corrected chi connectivity index (χ0v) is 47.6. The van der Waals surface area contributed by atoms with E-state index in [-0.39, 0.29) is 92.5 Å². The Bertz CT molecular complexity index is 955. The highest BCUT2D eigenvalue weighted by Crippen LogP contribution is 2.26. The molecule has 6 unspecified atom stereocenters. The molecule has 0 bridgehead atoms. The highest BCUT2D eigenvalue weighted by molar-refractivity contribution is 4.84. The van der Waals surface area contributed by atoms with Crippen LogP contribution in [-0.4, -0.2) is 278 Å². The van der Waals surface area contributed by atoms with Crippen LogP contribution in [0.5, 0.6) is 0 Å². The van der Waals surface area contributed by atoms with Gasteiger partial charge in [0.15, 0.2) is 0 Å². The van der Waals surface area contributed by atoms with Gasteiger partial charge in [-0.05, 0) is 83.1 Å². The predicted octanol–water partition coefficient (Wildman–Crippen LogP) is -7.21. The first kappa shape index (κ1) is 70.2. The molecule has 0 rings (SSSR count). The second-order valence-corrected chi connectivity index (χ2v) is 20.5. The number of quaternary nitrogens is 6. The van der Waals surface area contributed by atoms with Crippen LogP contribution in [0.3, 0.4) is 0 Å². The molecular weight excluding hydrogens is 917 g/mol. The Balaban J connectivity index is 7.16. The lowest BCUT2D eigenvalue weighted by molar-refractivity contribution is -0.899. The first-order valence-electron chi connectivity index (χ1n) is 28.2. The van der Waals surface area contributed by atoms with Crippen LogP contribution in [0, 0.1) is 10.8 Å². The first-order valence-corrected chi connectivity index (χ1v) is 28.2. The van der Waals surface area contributed by atoms with Crippen LogP contribution in [0.25, 0.3) is 0 Å². The van der Waals surface area contributed by atoms with Crippen molar-refractivity contribution in [1.82, 2.24) is 0 Å². The summed E-state index contributed by atoms with van der Waals surface area (Å²) in [5.41, 5.74) is -1.93. The average molecular weight is 1040 g/mol. The summed E-state index contributed by atoms with van der Waals surface area (Å²) in [4.78, 5) is 7.52. The fourth-order valence-electron chi connectivity index (χ4n) is 9.04. The van der Waals surface area contributed by atoms with Crippen molar-refractivity contribution < 1.29 is 93.2 Å². The van der Waals surface area contributed by atoms with Gasteiger partial charge in [-0.1, -0.05) is 0 Å². The van der Waals surface area contributed by atoms with Crippen molar-refractivity contribution in [2.75, 3.05) is 210 Å². The van der Waals surface area contributed by atoms with Gasteiger partial charge in [0.1, 0.15) is 75.9 Å². The molecule has 0 saturated heterocycles. The molecule has 0 aliphatic carbocycles. The summed E-state index contributed by atoms with van der Waals surface area (Å²) in [5, 5.41) is 66.6. The van der Waals surface area contributed by atoms with Gasteiger partial charge in [0.2, 0.25) is 0 Å². The van der Waals surface area contributed by atoms with E-state index in [1.165, 1.54) is 29.4 Å². The molecule has 0 amide bonds. The summed E-state index contributed by atoms with van der Waals surface area (Å²) >= 11 is 0. The standard InChI is InChI=1S/C52H112N6O13/c1-13-53(14-2)25-45(59)31-65-37-51(38-66-32-46(60)26-54(15-3)16-4,39-67-33-47(61)27-55(17-5)18-6)43-71-44-52(40-68-34-48(62)28-56(19-7)20-8,41-69-35-49(63)29-57(21-9)22-10)42-70-36-50(64)30-58(23-11)24-12/h45-50,59-64H,13-44H2,1-12H3/p+6. The lowest BCUT2D eigenvalue weighted by Gasteiger charge is -2.37. The molecule has 19 nitrogen and oxygen atoms in total. The minimum Gasteiger partial charge on any atom is -0.385 e. The van der Waals surface area contributed by atoms with E-state index in [9.17, 15) is 30.6 Å². The van der Waals surface area contributed by atoms with Gasteiger partial charge in [-0.25, -0.2) is 0 Å². The molecule has 0 aliphatic rings. The molecule has 0 aromatic rings. The van der Waals surface area contributed by atoms with Crippen molar-refractivity contribution in [3.63, 3.8) is 0 Å².